The van der Waals surface area contributed by atoms with E-state index < -0.39 is 0 Å². The Morgan fingerprint density at radius 2 is 1.71 bits per heavy atom. The minimum Gasteiger partial charge on any atom is -0.297 e. The van der Waals surface area contributed by atoms with E-state index in [0.29, 0.717) is 6.54 Å². The predicted molar refractivity (Wildman–Crippen MR) is 95.6 cm³/mol. The Morgan fingerprint density at radius 1 is 0.958 bits per heavy atom. The Kier molecular flexibility index (Phi) is 4.58. The second-order valence-electron chi connectivity index (χ2n) is 6.81. The number of rotatable bonds is 5. The number of benzene rings is 2. The summed E-state index contributed by atoms with van der Waals surface area (Å²) in [6.07, 6.45) is 1.27. The average molecular weight is 324 g/mol. The minimum atomic E-state index is 0.151. The van der Waals surface area contributed by atoms with Crippen molar-refractivity contribution < 1.29 is 4.79 Å². The maximum atomic E-state index is 12.4. The summed E-state index contributed by atoms with van der Waals surface area (Å²) in [5.74, 6) is 0.151. The fraction of sp³-hybridized carbons (Fsp3) is 0.421. The van der Waals surface area contributed by atoms with Gasteiger partial charge in [0.25, 0.3) is 0 Å². The molecule has 0 radical (unpaired) electrons. The van der Waals surface area contributed by atoms with Gasteiger partial charge in [0.05, 0.1) is 33.2 Å². The second-order valence-corrected chi connectivity index (χ2v) is 6.81. The van der Waals surface area contributed by atoms with E-state index in [4.69, 9.17) is 0 Å². The van der Waals surface area contributed by atoms with Crippen LogP contribution in [0.5, 0.6) is 0 Å². The third-order valence-corrected chi connectivity index (χ3v) is 4.84. The van der Waals surface area contributed by atoms with Crippen LogP contribution in [-0.2, 0) is 0 Å². The summed E-state index contributed by atoms with van der Waals surface area (Å²) in [4.78, 5) is 19.7. The summed E-state index contributed by atoms with van der Waals surface area (Å²) < 4.78 is 0. The maximum absolute atomic E-state index is 12.4. The molecule has 2 fully saturated rings. The summed E-state index contributed by atoms with van der Waals surface area (Å²) in [6.45, 7) is 6.58. The molecule has 2 atom stereocenters. The number of ketones is 1. The Balaban J connectivity index is 1.31. The summed E-state index contributed by atoms with van der Waals surface area (Å²) in [6, 6.07) is 14.1. The molecule has 24 heavy (non-hydrogen) atoms. The average Bonchev–Trinajstić information content (AvgIpc) is 2.61. The van der Waals surface area contributed by atoms with Gasteiger partial charge in [-0.15, -0.1) is 0 Å². The molecule has 0 saturated carbocycles. The van der Waals surface area contributed by atoms with Crippen LogP contribution < -0.4 is 5.32 Å². The van der Waals surface area contributed by atoms with Crippen LogP contribution >= 0.6 is 0 Å². The monoisotopic (exact) mass is 324 g/mol. The Bertz CT molecular complexity index is 720. The van der Waals surface area contributed by atoms with Gasteiger partial charge in [-0.1, -0.05) is 36.4 Å². The van der Waals surface area contributed by atoms with Gasteiger partial charge in [-0.05, 0) is 23.3 Å². The van der Waals surface area contributed by atoms with E-state index >= 15 is 0 Å². The van der Waals surface area contributed by atoms with Crippen molar-refractivity contribution in [1.29, 1.82) is 0 Å². The van der Waals surface area contributed by atoms with Gasteiger partial charge >= 0.3 is 0 Å². The molecule has 0 aliphatic carbocycles. The molecule has 0 spiro atoms. The highest BCUT2D eigenvalue weighted by molar-refractivity contribution is 6.01. The largest absolute Gasteiger partial charge is 0.297 e. The second kappa shape index (κ2) is 6.99. The van der Waals surface area contributed by atoms with Crippen molar-refractivity contribution in [3.63, 3.8) is 0 Å². The van der Waals surface area contributed by atoms with Crippen LogP contribution in [0.1, 0.15) is 16.8 Å². The lowest BCUT2D eigenvalue weighted by Crippen LogP contribution is -2.59. The zero-order valence-corrected chi connectivity index (χ0v) is 13.9. The van der Waals surface area contributed by atoms with E-state index in [2.05, 4.69) is 32.1 Å². The molecular weight excluding hydrogens is 300 g/mol. The quantitative estimate of drug-likeness (QED) is 0.849. The first-order valence-electron chi connectivity index (χ1n) is 8.68. The molecule has 0 aromatic heterocycles. The van der Waals surface area contributed by atoms with E-state index in [1.165, 1.54) is 24.9 Å². The standard InChI is InChI=1S/C19H24N4O/c24-19(18-7-6-16-4-1-2-5-17(16)10-18)11-20-12-23-14-21-8-3-9-22(13-21)15-23/h1-2,4-7,10,20H,3,8-9,11-15H2. The van der Waals surface area contributed by atoms with Gasteiger partial charge in [0.2, 0.25) is 0 Å². The topological polar surface area (TPSA) is 38.8 Å². The molecular formula is C19H24N4O. The van der Waals surface area contributed by atoms with Gasteiger partial charge in [-0.25, -0.2) is 0 Å². The molecule has 1 N–H and O–H groups in total. The van der Waals surface area contributed by atoms with E-state index in [1.807, 2.05) is 30.3 Å². The first-order chi connectivity index (χ1) is 11.8. The summed E-state index contributed by atoms with van der Waals surface area (Å²) >= 11 is 0. The van der Waals surface area contributed by atoms with Gasteiger partial charge in [0.15, 0.2) is 5.78 Å². The van der Waals surface area contributed by atoms with Crippen LogP contribution in [0.15, 0.2) is 42.5 Å². The number of hydrogen-bond acceptors (Lipinski definition) is 5. The molecule has 5 nitrogen and oxygen atoms in total. The summed E-state index contributed by atoms with van der Waals surface area (Å²) in [5.41, 5.74) is 0.782. The van der Waals surface area contributed by atoms with Gasteiger partial charge < -0.3 is 0 Å². The van der Waals surface area contributed by atoms with Gasteiger partial charge in [0, 0.05) is 18.7 Å². The Labute approximate surface area is 142 Å². The Morgan fingerprint density at radius 3 is 2.50 bits per heavy atom. The summed E-state index contributed by atoms with van der Waals surface area (Å²) in [5, 5.41) is 5.60. The van der Waals surface area contributed by atoms with Crippen molar-refractivity contribution in [2.45, 2.75) is 6.42 Å². The number of carbonyl (C=O) groups excluding carboxylic acids is 1. The molecule has 2 unspecified atom stereocenters. The van der Waals surface area contributed by atoms with E-state index in [-0.39, 0.29) is 5.78 Å². The first kappa shape index (κ1) is 15.7. The van der Waals surface area contributed by atoms with E-state index in [9.17, 15) is 4.79 Å². The number of fused-ring (bicyclic) bond motifs is 3. The molecule has 2 saturated heterocycles. The van der Waals surface area contributed by atoms with E-state index in [0.717, 1.165) is 37.6 Å². The van der Waals surface area contributed by atoms with Crippen LogP contribution in [0.25, 0.3) is 10.8 Å². The minimum absolute atomic E-state index is 0.151. The van der Waals surface area contributed by atoms with Crippen LogP contribution in [-0.4, -0.2) is 66.8 Å². The molecule has 2 aliphatic rings. The zero-order chi connectivity index (χ0) is 16.4. The predicted octanol–water partition coefficient (Wildman–Crippen LogP) is 1.77. The first-order valence-corrected chi connectivity index (χ1v) is 8.68. The molecule has 0 amide bonds. The lowest BCUT2D eigenvalue weighted by Gasteiger charge is -2.45. The number of nitrogens with zero attached hydrogens (tertiary/aromatic N) is 3. The molecule has 2 aromatic rings. The highest BCUT2D eigenvalue weighted by Crippen LogP contribution is 2.16. The SMILES string of the molecule is O=C(CNCN1CN2CCCN(C2)C1)c1ccc2ccccc2c1. The maximum Gasteiger partial charge on any atom is 0.176 e. The third kappa shape index (κ3) is 3.49. The van der Waals surface area contributed by atoms with Crippen LogP contribution in [0.4, 0.5) is 0 Å². The fourth-order valence-electron chi connectivity index (χ4n) is 3.68. The third-order valence-electron chi connectivity index (χ3n) is 4.84. The lowest BCUT2D eigenvalue weighted by molar-refractivity contribution is -0.0579. The normalized spacial score (nSPS) is 24.2. The molecule has 4 rings (SSSR count). The van der Waals surface area contributed by atoms with Crippen molar-refractivity contribution in [3.8, 4) is 0 Å². The summed E-state index contributed by atoms with van der Waals surface area (Å²) in [7, 11) is 0. The number of nitrogens with one attached hydrogen (secondary N) is 1. The Hall–Kier alpha value is -1.79. The van der Waals surface area contributed by atoms with Crippen molar-refractivity contribution in [2.24, 2.45) is 0 Å². The number of Topliss-reactive ketones (excluding diaryl/α,β-unsaturated/α-hetero) is 1. The number of hydrogen-bond donors (Lipinski definition) is 1. The molecule has 126 valence electrons. The van der Waals surface area contributed by atoms with Gasteiger partial charge in [-0.2, -0.15) is 0 Å². The van der Waals surface area contributed by atoms with Crippen molar-refractivity contribution >= 4 is 16.6 Å². The zero-order valence-electron chi connectivity index (χ0n) is 13.9. The van der Waals surface area contributed by atoms with Crippen LogP contribution in [0.2, 0.25) is 0 Å². The molecule has 2 aromatic carbocycles. The highest BCUT2D eigenvalue weighted by atomic mass is 16.1. The van der Waals surface area contributed by atoms with Crippen LogP contribution in [0.3, 0.4) is 0 Å². The van der Waals surface area contributed by atoms with E-state index in [1.54, 1.807) is 0 Å². The van der Waals surface area contributed by atoms with Gasteiger partial charge in [0.1, 0.15) is 0 Å². The van der Waals surface area contributed by atoms with Crippen molar-refractivity contribution in [2.75, 3.05) is 46.3 Å². The molecule has 2 heterocycles. The van der Waals surface area contributed by atoms with Crippen LogP contribution in [0, 0.1) is 0 Å². The van der Waals surface area contributed by atoms with Gasteiger partial charge in [-0.3, -0.25) is 24.8 Å². The highest BCUT2D eigenvalue weighted by Gasteiger charge is 2.26. The van der Waals surface area contributed by atoms with Crippen molar-refractivity contribution in [1.82, 2.24) is 20.0 Å². The fourth-order valence-corrected chi connectivity index (χ4v) is 3.68. The number of carbonyl (C=O) groups is 1. The van der Waals surface area contributed by atoms with Crippen molar-refractivity contribution in [3.05, 3.63) is 48.0 Å². The molecule has 2 bridgehead atoms. The molecule has 5 heteroatoms. The smallest absolute Gasteiger partial charge is 0.176 e. The molecule has 2 aliphatic heterocycles. The lowest BCUT2D eigenvalue weighted by atomic mass is 10.0.